The third-order valence-electron chi connectivity index (χ3n) is 3.63. The maximum absolute atomic E-state index is 12.3. The van der Waals surface area contributed by atoms with E-state index in [0.717, 1.165) is 29.7 Å². The fourth-order valence-corrected chi connectivity index (χ4v) is 2.59. The Morgan fingerprint density at radius 1 is 1.36 bits per heavy atom. The summed E-state index contributed by atoms with van der Waals surface area (Å²) in [5, 5.41) is 10.3. The molecule has 6 heteroatoms. The number of hydrogen-bond acceptors (Lipinski definition) is 5. The van der Waals surface area contributed by atoms with Crippen LogP contribution >= 0.6 is 0 Å². The van der Waals surface area contributed by atoms with Crippen LogP contribution in [0.4, 0.5) is 0 Å². The first-order valence-electron chi connectivity index (χ1n) is 6.77. The normalized spacial score (nSPS) is 14.5. The number of benzene rings is 1. The maximum Gasteiger partial charge on any atom is 0.207 e. The molecular weight excluding hydrogens is 282 g/mol. The Morgan fingerprint density at radius 3 is 2.91 bits per heavy atom. The third-order valence-corrected chi connectivity index (χ3v) is 3.63. The number of ketones is 1. The van der Waals surface area contributed by atoms with E-state index in [9.17, 15) is 9.59 Å². The summed E-state index contributed by atoms with van der Waals surface area (Å²) in [5.74, 6) is 1.36. The minimum atomic E-state index is -0.396. The lowest BCUT2D eigenvalue weighted by Gasteiger charge is -2.05. The monoisotopic (exact) mass is 295 g/mol. The Kier molecular flexibility index (Phi) is 3.68. The van der Waals surface area contributed by atoms with Crippen molar-refractivity contribution in [1.29, 1.82) is 0 Å². The van der Waals surface area contributed by atoms with Crippen molar-refractivity contribution in [2.24, 2.45) is 5.16 Å². The number of oxime groups is 1. The first kappa shape index (κ1) is 14.0. The lowest BCUT2D eigenvalue weighted by molar-refractivity contribution is 0.105. The molecule has 0 bridgehead atoms. The highest BCUT2D eigenvalue weighted by Crippen LogP contribution is 2.27. The van der Waals surface area contributed by atoms with Gasteiger partial charge in [0.25, 0.3) is 0 Å². The van der Waals surface area contributed by atoms with Crippen LogP contribution in [0.2, 0.25) is 0 Å². The molecule has 0 radical (unpaired) electrons. The molecule has 3 rings (SSSR count). The highest BCUT2D eigenvalue weighted by molar-refractivity contribution is 6.35. The SMILES string of the molecule is CON=C1CCc2cc(C(=C=O)C(=O)c3cn[nH]c3)ccc21. The molecule has 1 aliphatic rings. The van der Waals surface area contributed by atoms with E-state index in [-0.39, 0.29) is 5.57 Å². The average molecular weight is 295 g/mol. The van der Waals surface area contributed by atoms with Crippen molar-refractivity contribution >= 4 is 23.0 Å². The molecule has 1 aliphatic carbocycles. The molecule has 0 aliphatic heterocycles. The van der Waals surface area contributed by atoms with Crippen molar-refractivity contribution in [3.8, 4) is 0 Å². The van der Waals surface area contributed by atoms with Crippen LogP contribution < -0.4 is 0 Å². The number of allylic oxidation sites excluding steroid dienone is 1. The Balaban J connectivity index is 1.98. The number of nitrogens with one attached hydrogen (secondary N) is 1. The summed E-state index contributed by atoms with van der Waals surface area (Å²) >= 11 is 0. The van der Waals surface area contributed by atoms with Gasteiger partial charge in [0, 0.05) is 11.8 Å². The second kappa shape index (κ2) is 5.79. The molecular formula is C16H13N3O3. The Morgan fingerprint density at radius 2 is 2.23 bits per heavy atom. The number of aromatic amines is 1. The van der Waals surface area contributed by atoms with Crippen LogP contribution in [-0.4, -0.2) is 34.7 Å². The Bertz CT molecular complexity index is 800. The molecule has 0 atom stereocenters. The van der Waals surface area contributed by atoms with Crippen LogP contribution in [0.15, 0.2) is 35.7 Å². The molecule has 0 fully saturated rings. The predicted octanol–water partition coefficient (Wildman–Crippen LogP) is 1.80. The number of aryl methyl sites for hydroxylation is 1. The Hall–Kier alpha value is -2.98. The second-order valence-electron chi connectivity index (χ2n) is 4.89. The van der Waals surface area contributed by atoms with Gasteiger partial charge >= 0.3 is 0 Å². The van der Waals surface area contributed by atoms with Crippen molar-refractivity contribution in [3.63, 3.8) is 0 Å². The minimum absolute atomic E-state index is 0.00123. The fourth-order valence-electron chi connectivity index (χ4n) is 2.59. The standard InChI is InChI=1S/C16H13N3O3/c1-22-19-15-5-3-10-6-11(2-4-13(10)15)14(9-20)16(21)12-7-17-18-8-12/h2,4,6-8H,3,5H2,1H3,(H,17,18). The molecule has 110 valence electrons. The summed E-state index contributed by atoms with van der Waals surface area (Å²) in [4.78, 5) is 28.4. The molecule has 1 aromatic carbocycles. The topological polar surface area (TPSA) is 84.4 Å². The summed E-state index contributed by atoms with van der Waals surface area (Å²) in [6.45, 7) is 0. The predicted molar refractivity (Wildman–Crippen MR) is 80.3 cm³/mol. The van der Waals surface area contributed by atoms with Crippen LogP contribution in [0, 0.1) is 0 Å². The van der Waals surface area contributed by atoms with Gasteiger partial charge in [-0.3, -0.25) is 9.89 Å². The summed E-state index contributed by atoms with van der Waals surface area (Å²) in [6.07, 6.45) is 4.42. The number of carbonyl (C=O) groups is 1. The van der Waals surface area contributed by atoms with Gasteiger partial charge in [0.15, 0.2) is 0 Å². The highest BCUT2D eigenvalue weighted by atomic mass is 16.6. The minimum Gasteiger partial charge on any atom is -0.399 e. The van der Waals surface area contributed by atoms with E-state index in [4.69, 9.17) is 4.84 Å². The smallest absolute Gasteiger partial charge is 0.207 e. The van der Waals surface area contributed by atoms with Gasteiger partial charge in [-0.15, -0.1) is 0 Å². The molecule has 0 unspecified atom stereocenters. The van der Waals surface area contributed by atoms with Crippen molar-refractivity contribution in [3.05, 3.63) is 52.8 Å². The summed E-state index contributed by atoms with van der Waals surface area (Å²) in [7, 11) is 1.51. The number of rotatable bonds is 4. The van der Waals surface area contributed by atoms with E-state index >= 15 is 0 Å². The second-order valence-corrected chi connectivity index (χ2v) is 4.89. The number of carbonyl (C=O) groups excluding carboxylic acids is 2. The van der Waals surface area contributed by atoms with Gasteiger partial charge in [-0.05, 0) is 30.0 Å². The van der Waals surface area contributed by atoms with Crippen molar-refractivity contribution in [1.82, 2.24) is 10.2 Å². The third kappa shape index (κ3) is 2.36. The van der Waals surface area contributed by atoms with Crippen LogP contribution in [-0.2, 0) is 16.1 Å². The van der Waals surface area contributed by atoms with Crippen molar-refractivity contribution in [2.45, 2.75) is 12.8 Å². The first-order chi connectivity index (χ1) is 10.7. The number of fused-ring (bicyclic) bond motifs is 1. The molecule has 0 amide bonds. The van der Waals surface area contributed by atoms with Gasteiger partial charge in [0.05, 0.1) is 17.5 Å². The molecule has 1 aromatic heterocycles. The van der Waals surface area contributed by atoms with Crippen LogP contribution in [0.3, 0.4) is 0 Å². The van der Waals surface area contributed by atoms with Gasteiger partial charge in [0.1, 0.15) is 18.6 Å². The van der Waals surface area contributed by atoms with Crippen LogP contribution in [0.1, 0.15) is 33.5 Å². The van der Waals surface area contributed by atoms with E-state index in [1.165, 1.54) is 19.5 Å². The van der Waals surface area contributed by atoms with E-state index in [1.54, 1.807) is 12.0 Å². The van der Waals surface area contributed by atoms with E-state index in [1.807, 2.05) is 12.1 Å². The lowest BCUT2D eigenvalue weighted by atomic mass is 9.96. The highest BCUT2D eigenvalue weighted by Gasteiger charge is 2.22. The van der Waals surface area contributed by atoms with Gasteiger partial charge in [-0.1, -0.05) is 17.3 Å². The summed E-state index contributed by atoms with van der Waals surface area (Å²) in [5.41, 5.74) is 3.80. The molecule has 1 N–H and O–H groups in total. The molecule has 0 spiro atoms. The molecule has 1 heterocycles. The van der Waals surface area contributed by atoms with E-state index in [0.29, 0.717) is 11.1 Å². The zero-order valence-electron chi connectivity index (χ0n) is 11.9. The number of hydrogen-bond donors (Lipinski definition) is 1. The quantitative estimate of drug-likeness (QED) is 0.403. The molecule has 22 heavy (non-hydrogen) atoms. The number of nitrogens with zero attached hydrogens (tertiary/aromatic N) is 2. The molecule has 0 saturated carbocycles. The van der Waals surface area contributed by atoms with E-state index < -0.39 is 5.78 Å². The summed E-state index contributed by atoms with van der Waals surface area (Å²) in [6, 6.07) is 5.43. The molecule has 2 aromatic rings. The molecule has 0 saturated heterocycles. The van der Waals surface area contributed by atoms with Gasteiger partial charge < -0.3 is 4.84 Å². The van der Waals surface area contributed by atoms with Crippen molar-refractivity contribution < 1.29 is 14.4 Å². The number of Topliss-reactive ketones (excluding diaryl/α,β-unsaturated/α-hetero) is 1. The first-order valence-corrected chi connectivity index (χ1v) is 6.77. The van der Waals surface area contributed by atoms with Crippen LogP contribution in [0.25, 0.3) is 5.57 Å². The zero-order valence-corrected chi connectivity index (χ0v) is 11.9. The Labute approximate surface area is 126 Å². The number of aromatic nitrogens is 2. The fraction of sp³-hybridized carbons (Fsp3) is 0.188. The van der Waals surface area contributed by atoms with Gasteiger partial charge in [0.2, 0.25) is 5.78 Å². The van der Waals surface area contributed by atoms with Crippen LogP contribution in [0.5, 0.6) is 0 Å². The van der Waals surface area contributed by atoms with Gasteiger partial charge in [-0.2, -0.15) is 5.10 Å². The average Bonchev–Trinajstić information content (AvgIpc) is 3.18. The van der Waals surface area contributed by atoms with Gasteiger partial charge in [-0.25, -0.2) is 4.79 Å². The van der Waals surface area contributed by atoms with E-state index in [2.05, 4.69) is 15.4 Å². The molecule has 6 nitrogen and oxygen atoms in total. The maximum atomic E-state index is 12.3. The van der Waals surface area contributed by atoms with Crippen molar-refractivity contribution in [2.75, 3.05) is 7.11 Å². The summed E-state index contributed by atoms with van der Waals surface area (Å²) < 4.78 is 0. The zero-order chi connectivity index (χ0) is 15.5. The number of H-pyrrole nitrogens is 1. The lowest BCUT2D eigenvalue weighted by Crippen LogP contribution is -2.03. The largest absolute Gasteiger partial charge is 0.399 e.